The van der Waals surface area contributed by atoms with Crippen molar-refractivity contribution < 1.29 is 18.7 Å². The fourth-order valence-corrected chi connectivity index (χ4v) is 4.96. The van der Waals surface area contributed by atoms with E-state index < -0.39 is 17.6 Å². The molecule has 1 amide bonds. The van der Waals surface area contributed by atoms with Gasteiger partial charge in [0, 0.05) is 23.9 Å². The van der Waals surface area contributed by atoms with Gasteiger partial charge in [-0.3, -0.25) is 9.20 Å². The molecule has 1 aromatic carbocycles. The maximum atomic E-state index is 15.6. The van der Waals surface area contributed by atoms with Crippen molar-refractivity contribution in [1.82, 2.24) is 19.3 Å². The molecule has 10 heteroatoms. The molecule has 1 aliphatic rings. The molecule has 8 nitrogen and oxygen atoms in total. The molecule has 1 aliphatic heterocycles. The van der Waals surface area contributed by atoms with Gasteiger partial charge in [-0.2, -0.15) is 0 Å². The van der Waals surface area contributed by atoms with Crippen LogP contribution in [0, 0.1) is 12.7 Å². The van der Waals surface area contributed by atoms with Crippen LogP contribution in [0.2, 0.25) is 5.02 Å². The number of aryl methyl sites for hydroxylation is 1. The van der Waals surface area contributed by atoms with Crippen LogP contribution in [-0.2, 0) is 4.74 Å². The SMILES string of the molecule is Cc1nc(C(C)c2cc(Cl)c(F)c(C(=O)N3C(C)COCC3C)c2OC(C)C)n2ccnc(N)c12. The second kappa shape index (κ2) is 9.62. The molecule has 2 N–H and O–H groups in total. The fraction of sp³-hybridized carbons (Fsp3) is 0.480. The number of nitrogens with zero attached hydrogens (tertiary/aromatic N) is 4. The molecule has 0 aliphatic carbocycles. The Bertz CT molecular complexity index is 1270. The van der Waals surface area contributed by atoms with Gasteiger partial charge < -0.3 is 20.1 Å². The number of carbonyl (C=O) groups is 1. The zero-order valence-corrected chi connectivity index (χ0v) is 21.6. The van der Waals surface area contributed by atoms with Crippen LogP contribution >= 0.6 is 11.6 Å². The summed E-state index contributed by atoms with van der Waals surface area (Å²) in [4.78, 5) is 24.3. The third-order valence-electron chi connectivity index (χ3n) is 6.31. The van der Waals surface area contributed by atoms with Crippen molar-refractivity contribution in [2.45, 2.75) is 65.6 Å². The number of anilines is 1. The molecule has 3 aromatic rings. The summed E-state index contributed by atoms with van der Waals surface area (Å²) in [6.07, 6.45) is 3.06. The van der Waals surface area contributed by atoms with E-state index in [2.05, 4.69) is 4.98 Å². The number of hydrogen-bond donors (Lipinski definition) is 1. The predicted molar refractivity (Wildman–Crippen MR) is 133 cm³/mol. The molecule has 0 saturated carbocycles. The van der Waals surface area contributed by atoms with E-state index in [0.29, 0.717) is 41.6 Å². The molecule has 35 heavy (non-hydrogen) atoms. The topological polar surface area (TPSA) is 95.0 Å². The van der Waals surface area contributed by atoms with Gasteiger partial charge >= 0.3 is 0 Å². The summed E-state index contributed by atoms with van der Waals surface area (Å²) in [5, 5.41) is -0.154. The van der Waals surface area contributed by atoms with E-state index in [1.54, 1.807) is 17.3 Å². The average molecular weight is 504 g/mol. The van der Waals surface area contributed by atoms with Crippen LogP contribution in [0.25, 0.3) is 5.52 Å². The van der Waals surface area contributed by atoms with Gasteiger partial charge in [-0.05, 0) is 40.7 Å². The highest BCUT2D eigenvalue weighted by atomic mass is 35.5. The van der Waals surface area contributed by atoms with E-state index >= 15 is 4.39 Å². The highest BCUT2D eigenvalue weighted by Gasteiger charge is 2.36. The number of ether oxygens (including phenoxy) is 2. The van der Waals surface area contributed by atoms with Crippen molar-refractivity contribution in [2.24, 2.45) is 0 Å². The van der Waals surface area contributed by atoms with E-state index in [9.17, 15) is 4.79 Å². The van der Waals surface area contributed by atoms with E-state index in [-0.39, 0.29) is 34.5 Å². The number of carbonyl (C=O) groups excluding carboxylic acids is 1. The highest BCUT2D eigenvalue weighted by molar-refractivity contribution is 6.31. The first-order valence-electron chi connectivity index (χ1n) is 11.7. The standard InChI is InChI=1S/C25H31ClFN5O3/c1-12(2)35-22-17(15(5)24-30-16(6)21-23(28)29-7-8-31(21)24)9-18(26)20(27)19(22)25(33)32-13(3)10-34-11-14(32)4/h7-9,12-15H,10-11H2,1-6H3,(H2,28,29). The number of amides is 1. The Morgan fingerprint density at radius 1 is 1.29 bits per heavy atom. The molecule has 0 spiro atoms. The lowest BCUT2D eigenvalue weighted by atomic mass is 9.94. The summed E-state index contributed by atoms with van der Waals surface area (Å²) in [6.45, 7) is 11.9. The van der Waals surface area contributed by atoms with Crippen LogP contribution in [0.5, 0.6) is 5.75 Å². The van der Waals surface area contributed by atoms with Gasteiger partial charge in [-0.25, -0.2) is 14.4 Å². The van der Waals surface area contributed by atoms with Gasteiger partial charge in [0.05, 0.1) is 42.1 Å². The number of rotatable bonds is 5. The second-order valence-corrected chi connectivity index (χ2v) is 9.80. The van der Waals surface area contributed by atoms with Gasteiger partial charge in [0.15, 0.2) is 5.82 Å². The number of imidazole rings is 1. The number of benzene rings is 1. The second-order valence-electron chi connectivity index (χ2n) is 9.39. The average Bonchev–Trinajstić information content (AvgIpc) is 3.13. The lowest BCUT2D eigenvalue weighted by molar-refractivity contribution is -0.0253. The maximum absolute atomic E-state index is 15.6. The van der Waals surface area contributed by atoms with Crippen LogP contribution in [-0.4, -0.2) is 56.6 Å². The first kappa shape index (κ1) is 25.2. The van der Waals surface area contributed by atoms with Crippen LogP contribution in [0.3, 0.4) is 0 Å². The predicted octanol–water partition coefficient (Wildman–Crippen LogP) is 4.60. The largest absolute Gasteiger partial charge is 0.490 e. The number of morpholine rings is 1. The van der Waals surface area contributed by atoms with Gasteiger partial charge in [0.2, 0.25) is 0 Å². The number of aromatic nitrogens is 3. The maximum Gasteiger partial charge on any atom is 0.261 e. The van der Waals surface area contributed by atoms with Crippen molar-refractivity contribution in [3.8, 4) is 5.75 Å². The number of halogens is 2. The highest BCUT2D eigenvalue weighted by Crippen LogP contribution is 2.41. The smallest absolute Gasteiger partial charge is 0.261 e. The molecule has 1 saturated heterocycles. The van der Waals surface area contributed by atoms with Crippen molar-refractivity contribution >= 4 is 28.8 Å². The van der Waals surface area contributed by atoms with E-state index in [0.717, 1.165) is 0 Å². The minimum Gasteiger partial charge on any atom is -0.490 e. The molecule has 188 valence electrons. The van der Waals surface area contributed by atoms with Gasteiger partial charge in [-0.15, -0.1) is 0 Å². The number of nitrogen functional groups attached to an aromatic ring is 1. The molecule has 2 aromatic heterocycles. The van der Waals surface area contributed by atoms with E-state index in [1.807, 2.05) is 45.9 Å². The van der Waals surface area contributed by atoms with E-state index in [4.69, 9.17) is 31.8 Å². The van der Waals surface area contributed by atoms with Gasteiger partial charge in [0.1, 0.15) is 28.5 Å². The normalized spacial score (nSPS) is 19.4. The number of fused-ring (bicyclic) bond motifs is 1. The lowest BCUT2D eigenvalue weighted by Gasteiger charge is -2.39. The van der Waals surface area contributed by atoms with Crippen LogP contribution < -0.4 is 10.5 Å². The molecule has 4 rings (SSSR count). The minimum absolute atomic E-state index is 0.154. The summed E-state index contributed by atoms with van der Waals surface area (Å²) < 4.78 is 29.1. The monoisotopic (exact) mass is 503 g/mol. The molecule has 0 bridgehead atoms. The lowest BCUT2D eigenvalue weighted by Crippen LogP contribution is -2.52. The fourth-order valence-electron chi connectivity index (χ4n) is 4.75. The minimum atomic E-state index is -0.799. The third-order valence-corrected chi connectivity index (χ3v) is 6.58. The zero-order valence-electron chi connectivity index (χ0n) is 20.8. The van der Waals surface area contributed by atoms with Crippen molar-refractivity contribution in [2.75, 3.05) is 18.9 Å². The first-order chi connectivity index (χ1) is 16.5. The van der Waals surface area contributed by atoms with Crippen LogP contribution in [0.4, 0.5) is 10.2 Å². The Labute approximate surface area is 209 Å². The summed E-state index contributed by atoms with van der Waals surface area (Å²) in [7, 11) is 0. The Morgan fingerprint density at radius 3 is 2.57 bits per heavy atom. The molecule has 0 radical (unpaired) electrons. The van der Waals surface area contributed by atoms with Crippen molar-refractivity contribution in [3.05, 3.63) is 51.9 Å². The first-order valence-corrected chi connectivity index (χ1v) is 12.1. The third kappa shape index (κ3) is 4.43. The molecular formula is C25H31ClFN5O3. The van der Waals surface area contributed by atoms with Crippen molar-refractivity contribution in [1.29, 1.82) is 0 Å². The number of hydrogen-bond acceptors (Lipinski definition) is 6. The Balaban J connectivity index is 1.92. The Morgan fingerprint density at radius 2 is 1.94 bits per heavy atom. The number of nitrogens with two attached hydrogens (primary N) is 1. The summed E-state index contributed by atoms with van der Waals surface area (Å²) in [5.41, 5.74) is 7.89. The molecule has 3 unspecified atom stereocenters. The summed E-state index contributed by atoms with van der Waals surface area (Å²) in [5.74, 6) is -0.508. The van der Waals surface area contributed by atoms with Crippen molar-refractivity contribution in [3.63, 3.8) is 0 Å². The molecule has 1 fully saturated rings. The molecule has 3 heterocycles. The zero-order chi connectivity index (χ0) is 25.6. The van der Waals surface area contributed by atoms with E-state index in [1.165, 1.54) is 6.07 Å². The van der Waals surface area contributed by atoms with Crippen LogP contribution in [0.1, 0.15) is 68.0 Å². The van der Waals surface area contributed by atoms with Gasteiger partial charge in [0.25, 0.3) is 5.91 Å². The Kier molecular flexibility index (Phi) is 6.92. The molecule has 3 atom stereocenters. The Hall–Kier alpha value is -2.91. The van der Waals surface area contributed by atoms with Crippen LogP contribution in [0.15, 0.2) is 18.5 Å². The molecular weight excluding hydrogens is 473 g/mol. The summed E-state index contributed by atoms with van der Waals surface area (Å²) >= 11 is 6.38. The summed E-state index contributed by atoms with van der Waals surface area (Å²) in [6, 6.07) is 1.06. The van der Waals surface area contributed by atoms with Gasteiger partial charge in [-0.1, -0.05) is 18.5 Å². The quantitative estimate of drug-likeness (QED) is 0.546.